The Morgan fingerprint density at radius 1 is 1.50 bits per heavy atom. The van der Waals surface area contributed by atoms with Crippen molar-refractivity contribution in [3.63, 3.8) is 0 Å². The van der Waals surface area contributed by atoms with Crippen molar-refractivity contribution in [3.8, 4) is 0 Å². The zero-order valence-corrected chi connectivity index (χ0v) is 14.3. The summed E-state index contributed by atoms with van der Waals surface area (Å²) in [5.41, 5.74) is 1.16. The number of carbonyl (C=O) groups is 1. The Balaban J connectivity index is 1.67. The van der Waals surface area contributed by atoms with Gasteiger partial charge in [-0.15, -0.1) is 11.8 Å². The predicted molar refractivity (Wildman–Crippen MR) is 91.2 cm³/mol. The molecule has 0 aliphatic carbocycles. The van der Waals surface area contributed by atoms with Gasteiger partial charge in [0.05, 0.1) is 0 Å². The van der Waals surface area contributed by atoms with Crippen LogP contribution in [0.25, 0.3) is 0 Å². The van der Waals surface area contributed by atoms with E-state index in [1.807, 2.05) is 13.1 Å². The first kappa shape index (κ1) is 17.2. The van der Waals surface area contributed by atoms with Gasteiger partial charge in [0.25, 0.3) is 0 Å². The fraction of sp³-hybridized carbons (Fsp3) is 0.588. The molecule has 22 heavy (non-hydrogen) atoms. The maximum absolute atomic E-state index is 12.1. The van der Waals surface area contributed by atoms with Crippen molar-refractivity contribution >= 4 is 17.8 Å². The van der Waals surface area contributed by atoms with Crippen LogP contribution < -0.4 is 5.32 Å². The van der Waals surface area contributed by atoms with Gasteiger partial charge in [-0.25, -0.2) is 4.79 Å². The quantitative estimate of drug-likeness (QED) is 0.618. The lowest BCUT2D eigenvalue weighted by Gasteiger charge is -2.18. The maximum atomic E-state index is 12.1. The Labute approximate surface area is 137 Å². The molecule has 0 unspecified atom stereocenters. The molecule has 1 atom stereocenters. The molecule has 2 rings (SSSR count). The Morgan fingerprint density at radius 2 is 2.36 bits per heavy atom. The third-order valence-electron chi connectivity index (χ3n) is 3.99. The molecule has 2 amide bonds. The lowest BCUT2D eigenvalue weighted by atomic mass is 10.0. The summed E-state index contributed by atoms with van der Waals surface area (Å²) in [7, 11) is 1.84. The van der Waals surface area contributed by atoms with Crippen molar-refractivity contribution in [3.05, 3.63) is 29.8 Å². The van der Waals surface area contributed by atoms with Crippen LogP contribution in [-0.2, 0) is 11.3 Å². The number of nitrogens with zero attached hydrogens (tertiary/aromatic N) is 1. The van der Waals surface area contributed by atoms with Crippen LogP contribution in [0.4, 0.5) is 4.79 Å². The molecular weight excluding hydrogens is 296 g/mol. The number of nitrogens with one attached hydrogen (secondary N) is 1. The summed E-state index contributed by atoms with van der Waals surface area (Å²) in [6, 6.07) is 8.31. The first-order valence-corrected chi connectivity index (χ1v) is 9.11. The second kappa shape index (κ2) is 9.06. The molecule has 1 aliphatic rings. The highest BCUT2D eigenvalue weighted by atomic mass is 32.2. The third-order valence-corrected chi connectivity index (χ3v) is 4.72. The zero-order valence-electron chi connectivity index (χ0n) is 13.5. The van der Waals surface area contributed by atoms with E-state index < -0.39 is 0 Å². The summed E-state index contributed by atoms with van der Waals surface area (Å²) in [6.45, 7) is 3.16. The minimum atomic E-state index is -0.00257. The topological polar surface area (TPSA) is 41.6 Å². The van der Waals surface area contributed by atoms with Gasteiger partial charge in [0.15, 0.2) is 0 Å². The number of rotatable bonds is 7. The van der Waals surface area contributed by atoms with Crippen molar-refractivity contribution in [1.82, 2.24) is 10.2 Å². The molecule has 1 saturated heterocycles. The Kier molecular flexibility index (Phi) is 7.06. The van der Waals surface area contributed by atoms with E-state index in [0.29, 0.717) is 12.5 Å². The van der Waals surface area contributed by atoms with E-state index in [0.717, 1.165) is 38.2 Å². The highest BCUT2D eigenvalue weighted by Crippen LogP contribution is 2.18. The molecule has 0 saturated carbocycles. The van der Waals surface area contributed by atoms with Crippen LogP contribution in [0, 0.1) is 5.92 Å². The summed E-state index contributed by atoms with van der Waals surface area (Å²) >= 11 is 1.72. The summed E-state index contributed by atoms with van der Waals surface area (Å²) in [5, 5.41) is 3.00. The van der Waals surface area contributed by atoms with Crippen LogP contribution in [0.1, 0.15) is 24.8 Å². The van der Waals surface area contributed by atoms with Gasteiger partial charge in [-0.3, -0.25) is 0 Å². The molecule has 0 aromatic heterocycles. The van der Waals surface area contributed by atoms with E-state index in [9.17, 15) is 4.79 Å². The normalized spacial score (nSPS) is 17.5. The summed E-state index contributed by atoms with van der Waals surface area (Å²) in [6.07, 6.45) is 5.39. The van der Waals surface area contributed by atoms with Gasteiger partial charge in [-0.2, -0.15) is 0 Å². The van der Waals surface area contributed by atoms with Gasteiger partial charge >= 0.3 is 6.03 Å². The molecule has 1 heterocycles. The first-order chi connectivity index (χ1) is 10.7. The Morgan fingerprint density at radius 3 is 3.09 bits per heavy atom. The van der Waals surface area contributed by atoms with Gasteiger partial charge in [0.2, 0.25) is 0 Å². The minimum absolute atomic E-state index is 0.00257. The molecule has 1 aliphatic heterocycles. The molecule has 122 valence electrons. The Bertz CT molecular complexity index is 475. The molecule has 1 fully saturated rings. The number of thioether (sulfide) groups is 1. The molecule has 4 nitrogen and oxygen atoms in total. The number of hydrogen-bond acceptors (Lipinski definition) is 3. The SMILES string of the molecule is CSc1cccc(CN(C)C(=O)NCCC[C@H]2CCOC2)c1. The molecular formula is C17H26N2O2S. The van der Waals surface area contributed by atoms with Gasteiger partial charge in [0, 0.05) is 38.2 Å². The fourth-order valence-electron chi connectivity index (χ4n) is 2.65. The number of benzene rings is 1. The second-order valence-corrected chi connectivity index (χ2v) is 6.69. The van der Waals surface area contributed by atoms with Crippen molar-refractivity contribution in [2.75, 3.05) is 33.1 Å². The lowest BCUT2D eigenvalue weighted by molar-refractivity contribution is 0.183. The van der Waals surface area contributed by atoms with Crippen molar-refractivity contribution in [1.29, 1.82) is 0 Å². The first-order valence-electron chi connectivity index (χ1n) is 7.88. The predicted octanol–water partition coefficient (Wildman–Crippen LogP) is 3.37. The molecule has 5 heteroatoms. The van der Waals surface area contributed by atoms with E-state index in [1.54, 1.807) is 16.7 Å². The summed E-state index contributed by atoms with van der Waals surface area (Å²) in [4.78, 5) is 15.0. The largest absolute Gasteiger partial charge is 0.381 e. The fourth-order valence-corrected chi connectivity index (χ4v) is 3.13. The van der Waals surface area contributed by atoms with Gasteiger partial charge < -0.3 is 15.0 Å². The molecule has 0 bridgehead atoms. The standard InChI is InChI=1S/C17H26N2O2S/c1-19(12-15-5-3-7-16(11-15)22-2)17(20)18-9-4-6-14-8-10-21-13-14/h3,5,7,11,14H,4,6,8-10,12-13H2,1-2H3,(H,18,20)/t14-/m0/s1. The summed E-state index contributed by atoms with van der Waals surface area (Å²) < 4.78 is 5.36. The van der Waals surface area contributed by atoms with Crippen LogP contribution in [0.3, 0.4) is 0 Å². The average Bonchev–Trinajstić information content (AvgIpc) is 3.04. The van der Waals surface area contributed by atoms with Crippen LogP contribution in [-0.4, -0.2) is 44.0 Å². The van der Waals surface area contributed by atoms with Crippen LogP contribution >= 0.6 is 11.8 Å². The Hall–Kier alpha value is -1.20. The van der Waals surface area contributed by atoms with E-state index in [4.69, 9.17) is 4.74 Å². The van der Waals surface area contributed by atoms with E-state index in [-0.39, 0.29) is 6.03 Å². The monoisotopic (exact) mass is 322 g/mol. The number of urea groups is 1. The van der Waals surface area contributed by atoms with Crippen molar-refractivity contribution in [2.45, 2.75) is 30.7 Å². The van der Waals surface area contributed by atoms with Crippen molar-refractivity contribution < 1.29 is 9.53 Å². The average molecular weight is 322 g/mol. The molecule has 1 N–H and O–H groups in total. The highest BCUT2D eigenvalue weighted by molar-refractivity contribution is 7.98. The number of amides is 2. The second-order valence-electron chi connectivity index (χ2n) is 5.81. The lowest BCUT2D eigenvalue weighted by Crippen LogP contribution is -2.37. The van der Waals surface area contributed by atoms with E-state index >= 15 is 0 Å². The third kappa shape index (κ3) is 5.54. The zero-order chi connectivity index (χ0) is 15.8. The van der Waals surface area contributed by atoms with E-state index in [2.05, 4.69) is 29.8 Å². The maximum Gasteiger partial charge on any atom is 0.317 e. The van der Waals surface area contributed by atoms with Crippen LogP contribution in [0.2, 0.25) is 0 Å². The molecule has 0 spiro atoms. The number of hydrogen-bond donors (Lipinski definition) is 1. The van der Waals surface area contributed by atoms with Gasteiger partial charge in [-0.1, -0.05) is 12.1 Å². The highest BCUT2D eigenvalue weighted by Gasteiger charge is 2.15. The van der Waals surface area contributed by atoms with Gasteiger partial charge in [0.1, 0.15) is 0 Å². The van der Waals surface area contributed by atoms with E-state index in [1.165, 1.54) is 11.3 Å². The number of ether oxygens (including phenoxy) is 1. The summed E-state index contributed by atoms with van der Waals surface area (Å²) in [5.74, 6) is 0.684. The molecule has 1 aromatic carbocycles. The van der Waals surface area contributed by atoms with Crippen LogP contribution in [0.5, 0.6) is 0 Å². The van der Waals surface area contributed by atoms with Gasteiger partial charge in [-0.05, 0) is 49.1 Å². The van der Waals surface area contributed by atoms with Crippen LogP contribution in [0.15, 0.2) is 29.2 Å². The number of carbonyl (C=O) groups excluding carboxylic acids is 1. The molecule has 1 aromatic rings. The smallest absolute Gasteiger partial charge is 0.317 e. The minimum Gasteiger partial charge on any atom is -0.381 e. The molecule has 0 radical (unpaired) electrons. The van der Waals surface area contributed by atoms with Crippen molar-refractivity contribution in [2.24, 2.45) is 5.92 Å².